The Bertz CT molecular complexity index is 454. The molecule has 1 N–H and O–H groups in total. The number of benzene rings is 1. The number of nitrogens with zero attached hydrogens (tertiary/aromatic N) is 1. The fourth-order valence-corrected chi connectivity index (χ4v) is 4.67. The number of likely N-dealkylation sites (tertiary alicyclic amines) is 1. The minimum atomic E-state index is 0.456. The van der Waals surface area contributed by atoms with Crippen LogP contribution in [-0.2, 0) is 0 Å². The highest BCUT2D eigenvalue weighted by Gasteiger charge is 2.41. The van der Waals surface area contributed by atoms with Crippen molar-refractivity contribution in [2.45, 2.75) is 45.1 Å². The van der Waals surface area contributed by atoms with Crippen LogP contribution in [0.25, 0.3) is 0 Å². The second kappa shape index (κ2) is 6.10. The summed E-state index contributed by atoms with van der Waals surface area (Å²) in [5.74, 6) is 1.56. The molecule has 0 amide bonds. The normalized spacial score (nSPS) is 32.6. The van der Waals surface area contributed by atoms with Gasteiger partial charge >= 0.3 is 0 Å². The molecule has 116 valence electrons. The van der Waals surface area contributed by atoms with E-state index in [0.717, 1.165) is 11.8 Å². The number of rotatable bonds is 4. The Balaban J connectivity index is 1.58. The van der Waals surface area contributed by atoms with Crippen molar-refractivity contribution in [2.24, 2.45) is 11.3 Å². The fraction of sp³-hybridized carbons (Fsp3) is 0.684. The SMILES string of the molecule is CNC1C(CN2CCC(c3ccccc3)C2)CCC1(C)C. The van der Waals surface area contributed by atoms with E-state index >= 15 is 0 Å². The van der Waals surface area contributed by atoms with Gasteiger partial charge in [0.1, 0.15) is 0 Å². The molecule has 1 aliphatic heterocycles. The highest BCUT2D eigenvalue weighted by Crippen LogP contribution is 2.42. The number of nitrogens with one attached hydrogen (secondary N) is 1. The summed E-state index contributed by atoms with van der Waals surface area (Å²) in [7, 11) is 2.14. The Hall–Kier alpha value is -0.860. The summed E-state index contributed by atoms with van der Waals surface area (Å²) in [5, 5.41) is 3.59. The molecule has 3 rings (SSSR count). The van der Waals surface area contributed by atoms with Gasteiger partial charge in [-0.15, -0.1) is 0 Å². The molecule has 1 aliphatic carbocycles. The molecule has 0 spiro atoms. The molecule has 2 heteroatoms. The fourth-order valence-electron chi connectivity index (χ4n) is 4.67. The molecule has 0 radical (unpaired) electrons. The van der Waals surface area contributed by atoms with Gasteiger partial charge in [0.2, 0.25) is 0 Å². The molecule has 2 aliphatic rings. The van der Waals surface area contributed by atoms with E-state index in [9.17, 15) is 0 Å². The standard InChI is InChI=1S/C19H30N2/c1-19(2)11-9-17(18(19)20-3)14-21-12-10-16(13-21)15-7-5-4-6-8-15/h4-8,16-18,20H,9-14H2,1-3H3. The lowest BCUT2D eigenvalue weighted by Gasteiger charge is -2.32. The van der Waals surface area contributed by atoms with Gasteiger partial charge in [-0.1, -0.05) is 44.2 Å². The summed E-state index contributed by atoms with van der Waals surface area (Å²) >= 11 is 0. The van der Waals surface area contributed by atoms with Gasteiger partial charge in [0.15, 0.2) is 0 Å². The van der Waals surface area contributed by atoms with Crippen molar-refractivity contribution in [1.29, 1.82) is 0 Å². The zero-order chi connectivity index (χ0) is 14.9. The lowest BCUT2D eigenvalue weighted by Crippen LogP contribution is -2.43. The summed E-state index contributed by atoms with van der Waals surface area (Å²) in [6.07, 6.45) is 4.06. The average Bonchev–Trinajstić information content (AvgIpc) is 3.05. The molecule has 0 aromatic heterocycles. The van der Waals surface area contributed by atoms with Gasteiger partial charge in [0.05, 0.1) is 0 Å². The molecule has 1 aromatic rings. The van der Waals surface area contributed by atoms with Gasteiger partial charge in [-0.25, -0.2) is 0 Å². The van der Waals surface area contributed by atoms with E-state index in [0.29, 0.717) is 11.5 Å². The molecular weight excluding hydrogens is 256 g/mol. The largest absolute Gasteiger partial charge is 0.316 e. The summed E-state index contributed by atoms with van der Waals surface area (Å²) in [4.78, 5) is 2.70. The van der Waals surface area contributed by atoms with Gasteiger partial charge in [0.25, 0.3) is 0 Å². The van der Waals surface area contributed by atoms with E-state index in [2.05, 4.69) is 61.4 Å². The molecule has 1 aromatic carbocycles. The van der Waals surface area contributed by atoms with E-state index in [1.165, 1.54) is 44.5 Å². The number of hydrogen-bond acceptors (Lipinski definition) is 2. The first-order valence-corrected chi connectivity index (χ1v) is 8.55. The van der Waals surface area contributed by atoms with Crippen LogP contribution in [0.3, 0.4) is 0 Å². The smallest absolute Gasteiger partial charge is 0.0156 e. The Labute approximate surface area is 129 Å². The maximum Gasteiger partial charge on any atom is 0.0156 e. The van der Waals surface area contributed by atoms with Crippen LogP contribution in [0.1, 0.15) is 44.6 Å². The molecule has 2 fully saturated rings. The molecular formula is C19H30N2. The molecule has 1 heterocycles. The van der Waals surface area contributed by atoms with Crippen LogP contribution in [0.15, 0.2) is 30.3 Å². The number of hydrogen-bond donors (Lipinski definition) is 1. The highest BCUT2D eigenvalue weighted by molar-refractivity contribution is 5.21. The average molecular weight is 286 g/mol. The third kappa shape index (κ3) is 3.17. The first-order valence-electron chi connectivity index (χ1n) is 8.55. The zero-order valence-corrected chi connectivity index (χ0v) is 13.8. The Kier molecular flexibility index (Phi) is 4.37. The van der Waals surface area contributed by atoms with Crippen LogP contribution >= 0.6 is 0 Å². The van der Waals surface area contributed by atoms with Crippen molar-refractivity contribution in [3.63, 3.8) is 0 Å². The van der Waals surface area contributed by atoms with Crippen molar-refractivity contribution in [3.8, 4) is 0 Å². The minimum Gasteiger partial charge on any atom is -0.316 e. The quantitative estimate of drug-likeness (QED) is 0.911. The van der Waals surface area contributed by atoms with Gasteiger partial charge in [0, 0.05) is 19.1 Å². The van der Waals surface area contributed by atoms with E-state index in [1.807, 2.05) is 0 Å². The van der Waals surface area contributed by atoms with E-state index < -0.39 is 0 Å². The van der Waals surface area contributed by atoms with E-state index in [1.54, 1.807) is 0 Å². The summed E-state index contributed by atoms with van der Waals surface area (Å²) in [5.41, 5.74) is 1.98. The third-order valence-corrected chi connectivity index (χ3v) is 5.82. The molecule has 2 nitrogen and oxygen atoms in total. The predicted octanol–water partition coefficient (Wildman–Crippen LogP) is 3.50. The van der Waals surface area contributed by atoms with Crippen LogP contribution in [0.2, 0.25) is 0 Å². The van der Waals surface area contributed by atoms with Crippen molar-refractivity contribution >= 4 is 0 Å². The Morgan fingerprint density at radius 2 is 1.95 bits per heavy atom. The van der Waals surface area contributed by atoms with Gasteiger partial charge < -0.3 is 10.2 Å². The lowest BCUT2D eigenvalue weighted by molar-refractivity contribution is 0.210. The van der Waals surface area contributed by atoms with Crippen molar-refractivity contribution in [1.82, 2.24) is 10.2 Å². The second-order valence-electron chi connectivity index (χ2n) is 7.71. The topological polar surface area (TPSA) is 15.3 Å². The lowest BCUT2D eigenvalue weighted by atomic mass is 9.85. The van der Waals surface area contributed by atoms with Gasteiger partial charge in [-0.3, -0.25) is 0 Å². The molecule has 21 heavy (non-hydrogen) atoms. The first-order chi connectivity index (χ1) is 10.1. The predicted molar refractivity (Wildman–Crippen MR) is 89.6 cm³/mol. The summed E-state index contributed by atoms with van der Waals surface area (Å²) in [6.45, 7) is 8.64. The molecule has 1 saturated carbocycles. The monoisotopic (exact) mass is 286 g/mol. The Morgan fingerprint density at radius 3 is 2.67 bits per heavy atom. The molecule has 0 bridgehead atoms. The minimum absolute atomic E-state index is 0.456. The zero-order valence-electron chi connectivity index (χ0n) is 13.8. The van der Waals surface area contributed by atoms with Crippen LogP contribution in [0.4, 0.5) is 0 Å². The molecule has 1 saturated heterocycles. The van der Waals surface area contributed by atoms with E-state index in [4.69, 9.17) is 0 Å². The highest BCUT2D eigenvalue weighted by atomic mass is 15.2. The summed E-state index contributed by atoms with van der Waals surface area (Å²) in [6, 6.07) is 11.7. The summed E-state index contributed by atoms with van der Waals surface area (Å²) < 4.78 is 0. The van der Waals surface area contributed by atoms with Crippen molar-refractivity contribution < 1.29 is 0 Å². The molecule has 3 unspecified atom stereocenters. The maximum absolute atomic E-state index is 3.59. The van der Waals surface area contributed by atoms with Crippen LogP contribution in [0.5, 0.6) is 0 Å². The van der Waals surface area contributed by atoms with Gasteiger partial charge in [-0.05, 0) is 55.7 Å². The van der Waals surface area contributed by atoms with Crippen LogP contribution in [-0.4, -0.2) is 37.6 Å². The maximum atomic E-state index is 3.59. The third-order valence-electron chi connectivity index (χ3n) is 5.82. The van der Waals surface area contributed by atoms with Crippen LogP contribution < -0.4 is 5.32 Å². The molecule has 3 atom stereocenters. The van der Waals surface area contributed by atoms with Crippen LogP contribution in [0, 0.1) is 11.3 Å². The van der Waals surface area contributed by atoms with E-state index in [-0.39, 0.29) is 0 Å². The van der Waals surface area contributed by atoms with Crippen molar-refractivity contribution in [2.75, 3.05) is 26.7 Å². The van der Waals surface area contributed by atoms with Crippen molar-refractivity contribution in [3.05, 3.63) is 35.9 Å². The van der Waals surface area contributed by atoms with Gasteiger partial charge in [-0.2, -0.15) is 0 Å². The second-order valence-corrected chi connectivity index (χ2v) is 7.71. The first kappa shape index (κ1) is 15.1. The Morgan fingerprint density at radius 1 is 1.19 bits per heavy atom.